The van der Waals surface area contributed by atoms with Gasteiger partial charge in [0.05, 0.1) is 0 Å². The maximum atomic E-state index is 13.7. The van der Waals surface area contributed by atoms with Crippen molar-refractivity contribution in [2.24, 2.45) is 0 Å². The molecule has 2 rings (SSSR count). The standard InChI is InChI=1S/C19H22BrFN2O2/c1-23(2)16(10-14-6-4-3-5-7-14)12-22-19(24)13-25-18-9-8-15(20)11-17(18)21/h3-9,11,16H,10,12-13H2,1-2H3,(H,22,24). The highest BCUT2D eigenvalue weighted by Crippen LogP contribution is 2.21. The number of carbonyl (C=O) groups excluding carboxylic acids is 1. The zero-order valence-corrected chi connectivity index (χ0v) is 15.9. The fraction of sp³-hybridized carbons (Fsp3) is 0.316. The highest BCUT2D eigenvalue weighted by atomic mass is 79.9. The average Bonchev–Trinajstić information content (AvgIpc) is 2.58. The zero-order chi connectivity index (χ0) is 18.2. The van der Waals surface area contributed by atoms with Crippen molar-refractivity contribution < 1.29 is 13.9 Å². The van der Waals surface area contributed by atoms with Crippen LogP contribution in [0.4, 0.5) is 4.39 Å². The van der Waals surface area contributed by atoms with Gasteiger partial charge >= 0.3 is 0 Å². The van der Waals surface area contributed by atoms with Gasteiger partial charge in [0.2, 0.25) is 0 Å². The lowest BCUT2D eigenvalue weighted by Gasteiger charge is -2.24. The van der Waals surface area contributed by atoms with E-state index in [1.165, 1.54) is 17.7 Å². The molecule has 0 aliphatic rings. The Bertz CT molecular complexity index is 695. The van der Waals surface area contributed by atoms with E-state index < -0.39 is 5.82 Å². The second-order valence-electron chi connectivity index (χ2n) is 5.97. The van der Waals surface area contributed by atoms with Crippen LogP contribution in [0.15, 0.2) is 53.0 Å². The van der Waals surface area contributed by atoms with Gasteiger partial charge in [0.25, 0.3) is 5.91 Å². The van der Waals surface area contributed by atoms with Crippen molar-refractivity contribution >= 4 is 21.8 Å². The molecule has 0 bridgehead atoms. The summed E-state index contributed by atoms with van der Waals surface area (Å²) >= 11 is 3.18. The van der Waals surface area contributed by atoms with Gasteiger partial charge in [-0.3, -0.25) is 4.79 Å². The molecule has 1 amide bonds. The van der Waals surface area contributed by atoms with E-state index in [1.54, 1.807) is 6.07 Å². The van der Waals surface area contributed by atoms with Crippen molar-refractivity contribution in [1.29, 1.82) is 0 Å². The molecule has 4 nitrogen and oxygen atoms in total. The van der Waals surface area contributed by atoms with Crippen LogP contribution in [-0.2, 0) is 11.2 Å². The number of ether oxygens (including phenoxy) is 1. The largest absolute Gasteiger partial charge is 0.481 e. The van der Waals surface area contributed by atoms with Crippen LogP contribution in [0.5, 0.6) is 5.75 Å². The molecule has 1 unspecified atom stereocenters. The van der Waals surface area contributed by atoms with E-state index >= 15 is 0 Å². The molecule has 0 saturated heterocycles. The summed E-state index contributed by atoms with van der Waals surface area (Å²) in [4.78, 5) is 14.1. The van der Waals surface area contributed by atoms with E-state index in [0.717, 1.165) is 6.42 Å². The van der Waals surface area contributed by atoms with Gasteiger partial charge < -0.3 is 15.0 Å². The third-order valence-corrected chi connectivity index (χ3v) is 4.33. The van der Waals surface area contributed by atoms with Crippen LogP contribution in [0.25, 0.3) is 0 Å². The van der Waals surface area contributed by atoms with Crippen molar-refractivity contribution in [2.45, 2.75) is 12.5 Å². The molecule has 2 aromatic carbocycles. The van der Waals surface area contributed by atoms with Gasteiger partial charge in [-0.25, -0.2) is 4.39 Å². The van der Waals surface area contributed by atoms with Crippen molar-refractivity contribution in [1.82, 2.24) is 10.2 Å². The van der Waals surface area contributed by atoms with E-state index in [2.05, 4.69) is 38.3 Å². The number of amides is 1. The van der Waals surface area contributed by atoms with Gasteiger partial charge in [0.15, 0.2) is 18.2 Å². The molecule has 0 heterocycles. The molecule has 0 saturated carbocycles. The van der Waals surface area contributed by atoms with Crippen LogP contribution >= 0.6 is 15.9 Å². The number of nitrogens with one attached hydrogen (secondary N) is 1. The van der Waals surface area contributed by atoms with Crippen LogP contribution in [0.3, 0.4) is 0 Å². The number of likely N-dealkylation sites (N-methyl/N-ethyl adjacent to an activating group) is 1. The fourth-order valence-corrected chi connectivity index (χ4v) is 2.67. The highest BCUT2D eigenvalue weighted by Gasteiger charge is 2.14. The number of rotatable bonds is 8. The van der Waals surface area contributed by atoms with Crippen molar-refractivity contribution in [2.75, 3.05) is 27.2 Å². The number of carbonyl (C=O) groups is 1. The van der Waals surface area contributed by atoms with Crippen LogP contribution in [0.2, 0.25) is 0 Å². The van der Waals surface area contributed by atoms with Crippen LogP contribution in [0.1, 0.15) is 5.56 Å². The minimum atomic E-state index is -0.502. The molecule has 2 aromatic rings. The van der Waals surface area contributed by atoms with Gasteiger partial charge in [0.1, 0.15) is 0 Å². The van der Waals surface area contributed by atoms with Crippen molar-refractivity contribution in [3.63, 3.8) is 0 Å². The van der Waals surface area contributed by atoms with Crippen LogP contribution < -0.4 is 10.1 Å². The Morgan fingerprint density at radius 2 is 1.96 bits per heavy atom. The monoisotopic (exact) mass is 408 g/mol. The van der Waals surface area contributed by atoms with Gasteiger partial charge in [-0.05, 0) is 44.3 Å². The second kappa shape index (κ2) is 9.53. The number of nitrogens with zero attached hydrogens (tertiary/aromatic N) is 1. The van der Waals surface area contributed by atoms with E-state index in [1.807, 2.05) is 32.3 Å². The number of hydrogen-bond acceptors (Lipinski definition) is 3. The van der Waals surface area contributed by atoms with E-state index in [-0.39, 0.29) is 24.3 Å². The molecule has 134 valence electrons. The normalized spacial score (nSPS) is 12.0. The first-order valence-corrected chi connectivity index (χ1v) is 8.80. The first-order chi connectivity index (χ1) is 12.0. The van der Waals surface area contributed by atoms with Gasteiger partial charge in [-0.15, -0.1) is 0 Å². The van der Waals surface area contributed by atoms with Gasteiger partial charge in [-0.2, -0.15) is 0 Å². The van der Waals surface area contributed by atoms with Crippen molar-refractivity contribution in [3.8, 4) is 5.75 Å². The number of halogens is 2. The predicted molar refractivity (Wildman–Crippen MR) is 100 cm³/mol. The maximum absolute atomic E-state index is 13.7. The average molecular weight is 409 g/mol. The Hall–Kier alpha value is -1.92. The molecule has 0 aliphatic heterocycles. The smallest absolute Gasteiger partial charge is 0.257 e. The quantitative estimate of drug-likeness (QED) is 0.728. The summed E-state index contributed by atoms with van der Waals surface area (Å²) in [5.74, 6) is -0.716. The number of benzene rings is 2. The minimum Gasteiger partial charge on any atom is -0.481 e. The molecule has 1 N–H and O–H groups in total. The Labute approximate surface area is 156 Å². The second-order valence-corrected chi connectivity index (χ2v) is 6.89. The fourth-order valence-electron chi connectivity index (χ4n) is 2.34. The molecule has 0 aromatic heterocycles. The Morgan fingerprint density at radius 1 is 1.24 bits per heavy atom. The lowest BCUT2D eigenvalue weighted by atomic mass is 10.1. The summed E-state index contributed by atoms with van der Waals surface area (Å²) in [6, 6.07) is 14.7. The van der Waals surface area contributed by atoms with Gasteiger partial charge in [-0.1, -0.05) is 46.3 Å². The van der Waals surface area contributed by atoms with E-state index in [4.69, 9.17) is 4.74 Å². The Balaban J connectivity index is 1.82. The van der Waals surface area contributed by atoms with E-state index in [9.17, 15) is 9.18 Å². The van der Waals surface area contributed by atoms with Crippen LogP contribution in [-0.4, -0.2) is 44.1 Å². The van der Waals surface area contributed by atoms with Crippen molar-refractivity contribution in [3.05, 3.63) is 64.4 Å². The minimum absolute atomic E-state index is 0.0618. The third-order valence-electron chi connectivity index (χ3n) is 3.83. The topological polar surface area (TPSA) is 41.6 Å². The van der Waals surface area contributed by atoms with Crippen LogP contribution in [0, 0.1) is 5.82 Å². The SMILES string of the molecule is CN(C)C(CNC(=O)COc1ccc(Br)cc1F)Cc1ccccc1. The predicted octanol–water partition coefficient (Wildman–Crippen LogP) is 3.26. The first-order valence-electron chi connectivity index (χ1n) is 8.00. The first kappa shape index (κ1) is 19.4. The lowest BCUT2D eigenvalue weighted by Crippen LogP contribution is -2.43. The molecular formula is C19H22BrFN2O2. The zero-order valence-electron chi connectivity index (χ0n) is 14.3. The summed E-state index contributed by atoms with van der Waals surface area (Å²) in [5.41, 5.74) is 1.21. The molecule has 0 aliphatic carbocycles. The molecule has 1 atom stereocenters. The summed E-state index contributed by atoms with van der Waals surface area (Å²) in [7, 11) is 3.96. The summed E-state index contributed by atoms with van der Waals surface area (Å²) < 4.78 is 19.5. The maximum Gasteiger partial charge on any atom is 0.257 e. The molecule has 0 radical (unpaired) electrons. The lowest BCUT2D eigenvalue weighted by molar-refractivity contribution is -0.123. The van der Waals surface area contributed by atoms with Gasteiger partial charge in [0, 0.05) is 17.1 Å². The third kappa shape index (κ3) is 6.48. The molecule has 6 heteroatoms. The Kier molecular flexibility index (Phi) is 7.40. The molecule has 0 spiro atoms. The Morgan fingerprint density at radius 3 is 2.60 bits per heavy atom. The summed E-state index contributed by atoms with van der Waals surface area (Å²) in [5, 5.41) is 2.85. The molecule has 0 fully saturated rings. The number of hydrogen-bond donors (Lipinski definition) is 1. The summed E-state index contributed by atoms with van der Waals surface area (Å²) in [6.07, 6.45) is 0.830. The highest BCUT2D eigenvalue weighted by molar-refractivity contribution is 9.10. The summed E-state index contributed by atoms with van der Waals surface area (Å²) in [6.45, 7) is 0.275. The molecular weight excluding hydrogens is 387 g/mol. The molecule has 25 heavy (non-hydrogen) atoms. The van der Waals surface area contributed by atoms with E-state index in [0.29, 0.717) is 11.0 Å².